The van der Waals surface area contributed by atoms with E-state index in [1.54, 1.807) is 24.3 Å². The van der Waals surface area contributed by atoms with E-state index in [2.05, 4.69) is 10.6 Å². The van der Waals surface area contributed by atoms with Gasteiger partial charge in [-0.3, -0.25) is 4.79 Å². The van der Waals surface area contributed by atoms with Crippen LogP contribution < -0.4 is 10.6 Å². The molecular weight excluding hydrogens is 298 g/mol. The Kier molecular flexibility index (Phi) is 6.41. The number of anilines is 1. The molecule has 1 amide bonds. The second-order valence-electron chi connectivity index (χ2n) is 4.71. The van der Waals surface area contributed by atoms with Crippen LogP contribution in [0.15, 0.2) is 29.2 Å². The van der Waals surface area contributed by atoms with Gasteiger partial charge in [-0.2, -0.15) is 8.78 Å². The Balaban J connectivity index is 1.74. The Hall–Kier alpha value is -1.18. The summed E-state index contributed by atoms with van der Waals surface area (Å²) in [6.45, 7) is 1.84. The number of ether oxygens (including phenoxy) is 1. The maximum Gasteiger partial charge on any atom is 0.288 e. The van der Waals surface area contributed by atoms with Crippen LogP contribution in [0, 0.1) is 0 Å². The van der Waals surface area contributed by atoms with Gasteiger partial charge in [-0.05, 0) is 50.2 Å². The molecule has 1 aliphatic heterocycles. The summed E-state index contributed by atoms with van der Waals surface area (Å²) in [5.74, 6) is -2.67. The van der Waals surface area contributed by atoms with Gasteiger partial charge in [0.2, 0.25) is 5.91 Å². The van der Waals surface area contributed by atoms with Crippen molar-refractivity contribution in [1.82, 2.24) is 5.32 Å². The van der Waals surface area contributed by atoms with E-state index in [0.29, 0.717) is 22.3 Å². The standard InChI is InChI=1S/C14H18F2N2O2S/c15-14(16)21-12-3-1-10(2-4-12)18-13(19)9-20-11-5-7-17-8-6-11/h1-4,11,14,17H,5-9H2,(H,18,19). The van der Waals surface area contributed by atoms with Gasteiger partial charge >= 0.3 is 0 Å². The van der Waals surface area contributed by atoms with Crippen molar-refractivity contribution in [3.8, 4) is 0 Å². The number of carbonyl (C=O) groups is 1. The summed E-state index contributed by atoms with van der Waals surface area (Å²) in [6.07, 6.45) is 1.95. The van der Waals surface area contributed by atoms with Crippen molar-refractivity contribution in [1.29, 1.82) is 0 Å². The molecule has 7 heteroatoms. The molecule has 0 spiro atoms. The van der Waals surface area contributed by atoms with Gasteiger partial charge in [-0.1, -0.05) is 11.8 Å². The van der Waals surface area contributed by atoms with E-state index < -0.39 is 5.76 Å². The third-order valence-corrected chi connectivity index (χ3v) is 3.82. The molecule has 1 aromatic carbocycles. The fraction of sp³-hybridized carbons (Fsp3) is 0.500. The third-order valence-electron chi connectivity index (χ3n) is 3.10. The SMILES string of the molecule is O=C(COC1CCNCC1)Nc1ccc(SC(F)F)cc1. The van der Waals surface area contributed by atoms with Crippen LogP contribution >= 0.6 is 11.8 Å². The lowest BCUT2D eigenvalue weighted by Gasteiger charge is -2.22. The molecule has 0 aromatic heterocycles. The maximum atomic E-state index is 12.2. The molecule has 0 aliphatic carbocycles. The zero-order chi connectivity index (χ0) is 15.1. The summed E-state index contributed by atoms with van der Waals surface area (Å²) in [7, 11) is 0. The molecule has 0 saturated carbocycles. The van der Waals surface area contributed by atoms with Gasteiger partial charge in [0.05, 0.1) is 6.10 Å². The van der Waals surface area contributed by atoms with Crippen molar-refractivity contribution in [3.05, 3.63) is 24.3 Å². The van der Waals surface area contributed by atoms with Gasteiger partial charge in [0.25, 0.3) is 5.76 Å². The number of amides is 1. The molecule has 21 heavy (non-hydrogen) atoms. The number of thioether (sulfide) groups is 1. The van der Waals surface area contributed by atoms with Gasteiger partial charge in [-0.15, -0.1) is 0 Å². The lowest BCUT2D eigenvalue weighted by atomic mass is 10.1. The Morgan fingerprint density at radius 1 is 1.33 bits per heavy atom. The average molecular weight is 316 g/mol. The summed E-state index contributed by atoms with van der Waals surface area (Å²) in [6, 6.07) is 6.32. The molecule has 4 nitrogen and oxygen atoms in total. The molecule has 1 saturated heterocycles. The van der Waals surface area contributed by atoms with E-state index in [0.717, 1.165) is 25.9 Å². The third kappa shape index (κ3) is 5.99. The summed E-state index contributed by atoms with van der Waals surface area (Å²) >= 11 is 0.478. The van der Waals surface area contributed by atoms with Crippen LogP contribution in [0.1, 0.15) is 12.8 Å². The van der Waals surface area contributed by atoms with Gasteiger partial charge in [0.15, 0.2) is 0 Å². The second-order valence-corrected chi connectivity index (χ2v) is 5.77. The topological polar surface area (TPSA) is 50.4 Å². The number of hydrogen-bond acceptors (Lipinski definition) is 4. The van der Waals surface area contributed by atoms with Gasteiger partial charge in [-0.25, -0.2) is 0 Å². The maximum absolute atomic E-state index is 12.2. The minimum Gasteiger partial charge on any atom is -0.368 e. The Morgan fingerprint density at radius 2 is 2.00 bits per heavy atom. The fourth-order valence-corrected chi connectivity index (χ4v) is 2.57. The van der Waals surface area contributed by atoms with E-state index in [4.69, 9.17) is 4.74 Å². The molecule has 0 unspecified atom stereocenters. The number of alkyl halides is 2. The van der Waals surface area contributed by atoms with E-state index in [1.165, 1.54) is 0 Å². The number of rotatable bonds is 6. The monoisotopic (exact) mass is 316 g/mol. The van der Waals surface area contributed by atoms with Gasteiger partial charge in [0.1, 0.15) is 6.61 Å². The average Bonchev–Trinajstić information content (AvgIpc) is 2.48. The zero-order valence-electron chi connectivity index (χ0n) is 11.5. The predicted molar refractivity (Wildman–Crippen MR) is 78.8 cm³/mol. The van der Waals surface area contributed by atoms with Crippen LogP contribution in [-0.4, -0.2) is 37.5 Å². The highest BCUT2D eigenvalue weighted by Gasteiger charge is 2.14. The highest BCUT2D eigenvalue weighted by molar-refractivity contribution is 7.99. The van der Waals surface area contributed by atoms with E-state index in [9.17, 15) is 13.6 Å². The van der Waals surface area contributed by atoms with Crippen LogP contribution in [0.3, 0.4) is 0 Å². The molecule has 1 heterocycles. The smallest absolute Gasteiger partial charge is 0.288 e. The quantitative estimate of drug-likeness (QED) is 0.792. The highest BCUT2D eigenvalue weighted by Crippen LogP contribution is 2.26. The highest BCUT2D eigenvalue weighted by atomic mass is 32.2. The number of nitrogens with one attached hydrogen (secondary N) is 2. The van der Waals surface area contributed by atoms with Crippen molar-refractivity contribution < 1.29 is 18.3 Å². The minimum absolute atomic E-state index is 0.0121. The lowest BCUT2D eigenvalue weighted by Crippen LogP contribution is -2.34. The molecule has 0 radical (unpaired) electrons. The first-order valence-electron chi connectivity index (χ1n) is 6.80. The first-order chi connectivity index (χ1) is 10.1. The summed E-state index contributed by atoms with van der Waals surface area (Å²) < 4.78 is 29.9. The minimum atomic E-state index is -2.44. The van der Waals surface area contributed by atoms with Crippen LogP contribution in [0.4, 0.5) is 14.5 Å². The van der Waals surface area contributed by atoms with Crippen LogP contribution in [0.25, 0.3) is 0 Å². The lowest BCUT2D eigenvalue weighted by molar-refractivity contribution is -0.123. The van der Waals surface area contributed by atoms with Crippen molar-refractivity contribution in [2.24, 2.45) is 0 Å². The molecule has 0 atom stereocenters. The molecule has 116 valence electrons. The molecule has 2 rings (SSSR count). The van der Waals surface area contributed by atoms with E-state index >= 15 is 0 Å². The van der Waals surface area contributed by atoms with E-state index in [-0.39, 0.29) is 18.6 Å². The number of carbonyl (C=O) groups excluding carboxylic acids is 1. The van der Waals surface area contributed by atoms with Gasteiger partial charge in [0, 0.05) is 10.6 Å². The molecule has 2 N–H and O–H groups in total. The summed E-state index contributed by atoms with van der Waals surface area (Å²) in [4.78, 5) is 12.2. The van der Waals surface area contributed by atoms with Crippen molar-refractivity contribution in [2.75, 3.05) is 25.0 Å². The summed E-state index contributed by atoms with van der Waals surface area (Å²) in [5, 5.41) is 5.91. The Bertz CT molecular complexity index is 451. The zero-order valence-corrected chi connectivity index (χ0v) is 12.3. The molecule has 1 fully saturated rings. The summed E-state index contributed by atoms with van der Waals surface area (Å²) in [5.41, 5.74) is 0.576. The predicted octanol–water partition coefficient (Wildman–Crippen LogP) is 2.71. The Morgan fingerprint density at radius 3 is 2.62 bits per heavy atom. The normalized spacial score (nSPS) is 16.1. The largest absolute Gasteiger partial charge is 0.368 e. The Labute approximate surface area is 126 Å². The van der Waals surface area contributed by atoms with Gasteiger partial charge < -0.3 is 15.4 Å². The van der Waals surface area contributed by atoms with Crippen molar-refractivity contribution in [3.63, 3.8) is 0 Å². The first-order valence-corrected chi connectivity index (χ1v) is 7.68. The molecule has 1 aliphatic rings. The number of piperidine rings is 1. The molecule has 1 aromatic rings. The number of halogens is 2. The van der Waals surface area contributed by atoms with Crippen LogP contribution in [-0.2, 0) is 9.53 Å². The molecular formula is C14H18F2N2O2S. The second kappa shape index (κ2) is 8.31. The van der Waals surface area contributed by atoms with Crippen molar-refractivity contribution in [2.45, 2.75) is 29.6 Å². The molecule has 0 bridgehead atoms. The first kappa shape index (κ1) is 16.2. The van der Waals surface area contributed by atoms with Crippen LogP contribution in [0.5, 0.6) is 0 Å². The fourth-order valence-electron chi connectivity index (χ4n) is 2.07. The number of hydrogen-bond donors (Lipinski definition) is 2. The van der Waals surface area contributed by atoms with Crippen LogP contribution in [0.2, 0.25) is 0 Å². The van der Waals surface area contributed by atoms with E-state index in [1.807, 2.05) is 0 Å². The number of benzene rings is 1. The van der Waals surface area contributed by atoms with Crippen molar-refractivity contribution >= 4 is 23.4 Å².